The lowest BCUT2D eigenvalue weighted by Gasteiger charge is -2.16. The quantitative estimate of drug-likeness (QED) is 0.832. The summed E-state index contributed by atoms with van der Waals surface area (Å²) >= 11 is 1.59. The predicted molar refractivity (Wildman–Crippen MR) is 76.8 cm³/mol. The Labute approximate surface area is 121 Å². The Morgan fingerprint density at radius 2 is 2.25 bits per heavy atom. The van der Waals surface area contributed by atoms with Gasteiger partial charge in [0.1, 0.15) is 0 Å². The average molecular weight is 291 g/mol. The van der Waals surface area contributed by atoms with Crippen molar-refractivity contribution in [3.05, 3.63) is 30.3 Å². The van der Waals surface area contributed by atoms with E-state index in [4.69, 9.17) is 10.5 Å². The number of nitrogens with zero attached hydrogens (tertiary/aromatic N) is 4. The van der Waals surface area contributed by atoms with E-state index < -0.39 is 0 Å². The maximum atomic E-state index is 6.21. The van der Waals surface area contributed by atoms with Crippen LogP contribution in [0, 0.1) is 5.92 Å². The van der Waals surface area contributed by atoms with Gasteiger partial charge in [0.15, 0.2) is 0 Å². The largest absolute Gasteiger partial charge is 0.381 e. The van der Waals surface area contributed by atoms with E-state index in [9.17, 15) is 0 Å². The molecule has 0 saturated carbocycles. The lowest BCUT2D eigenvalue weighted by atomic mass is 10.0. The van der Waals surface area contributed by atoms with Crippen LogP contribution < -0.4 is 5.73 Å². The van der Waals surface area contributed by atoms with E-state index in [1.165, 1.54) is 0 Å². The molecule has 0 radical (unpaired) electrons. The Balaban J connectivity index is 1.65. The Kier molecular flexibility index (Phi) is 4.29. The summed E-state index contributed by atoms with van der Waals surface area (Å²) in [5, 5.41) is 12.6. The highest BCUT2D eigenvalue weighted by molar-refractivity contribution is 7.99. The second-order valence-electron chi connectivity index (χ2n) is 4.81. The van der Waals surface area contributed by atoms with Crippen LogP contribution in [-0.2, 0) is 4.74 Å². The molecule has 1 saturated heterocycles. The Hall–Kier alpha value is -1.44. The van der Waals surface area contributed by atoms with Gasteiger partial charge in [-0.25, -0.2) is 0 Å². The Morgan fingerprint density at radius 3 is 3.00 bits per heavy atom. The number of tetrazole rings is 1. The molecule has 6 nitrogen and oxygen atoms in total. The first-order valence-corrected chi connectivity index (χ1v) is 7.63. The van der Waals surface area contributed by atoms with Gasteiger partial charge in [-0.3, -0.25) is 0 Å². The van der Waals surface area contributed by atoms with Gasteiger partial charge in [0.25, 0.3) is 0 Å². The summed E-state index contributed by atoms with van der Waals surface area (Å²) in [5.74, 6) is 1.24. The fourth-order valence-corrected chi connectivity index (χ4v) is 3.17. The predicted octanol–water partition coefficient (Wildman–Crippen LogP) is 1.12. The molecule has 1 aromatic carbocycles. The molecule has 0 amide bonds. The first-order chi connectivity index (χ1) is 9.84. The molecule has 2 atom stereocenters. The van der Waals surface area contributed by atoms with E-state index in [0.717, 1.165) is 36.2 Å². The third kappa shape index (κ3) is 3.00. The zero-order valence-electron chi connectivity index (χ0n) is 11.1. The second kappa shape index (κ2) is 6.34. The number of thioether (sulfide) groups is 1. The minimum atomic E-state index is 0.114. The summed E-state index contributed by atoms with van der Waals surface area (Å²) < 4.78 is 7.11. The highest BCUT2D eigenvalue weighted by Gasteiger charge is 2.23. The molecular formula is C13H17N5OS. The topological polar surface area (TPSA) is 78.9 Å². The van der Waals surface area contributed by atoms with E-state index >= 15 is 0 Å². The highest BCUT2D eigenvalue weighted by atomic mass is 32.2. The standard InChI is InChI=1S/C13H17N5OS/c14-12(10-6-7-19-8-10)9-20-13-15-16-17-18(13)11-4-2-1-3-5-11/h1-5,10,12H,6-9,14H2. The molecule has 2 unspecified atom stereocenters. The van der Waals surface area contributed by atoms with Crippen LogP contribution >= 0.6 is 11.8 Å². The van der Waals surface area contributed by atoms with Crippen LogP contribution in [0.1, 0.15) is 6.42 Å². The summed E-state index contributed by atoms with van der Waals surface area (Å²) in [6.07, 6.45) is 1.05. The second-order valence-corrected chi connectivity index (χ2v) is 5.79. The van der Waals surface area contributed by atoms with E-state index in [-0.39, 0.29) is 6.04 Å². The first kappa shape index (κ1) is 13.5. The van der Waals surface area contributed by atoms with Crippen molar-refractivity contribution in [2.24, 2.45) is 11.7 Å². The Morgan fingerprint density at radius 1 is 1.40 bits per heavy atom. The van der Waals surface area contributed by atoms with Gasteiger partial charge in [0.2, 0.25) is 5.16 Å². The SMILES string of the molecule is NC(CSc1nnnn1-c1ccccc1)C1CCOC1. The average Bonchev–Trinajstić information content (AvgIpc) is 3.17. The normalized spacial score (nSPS) is 20.1. The summed E-state index contributed by atoms with van der Waals surface area (Å²) in [6.45, 7) is 1.59. The molecule has 106 valence electrons. The number of para-hydroxylation sites is 1. The fourth-order valence-electron chi connectivity index (χ4n) is 2.20. The van der Waals surface area contributed by atoms with Crippen molar-refractivity contribution in [1.29, 1.82) is 0 Å². The molecule has 1 aliphatic heterocycles. The van der Waals surface area contributed by atoms with Gasteiger partial charge in [0, 0.05) is 24.3 Å². The molecule has 1 aliphatic rings. The summed E-state index contributed by atoms with van der Waals surface area (Å²) in [4.78, 5) is 0. The van der Waals surface area contributed by atoms with E-state index in [2.05, 4.69) is 15.5 Å². The van der Waals surface area contributed by atoms with Crippen LogP contribution in [-0.4, -0.2) is 45.2 Å². The molecule has 2 aromatic rings. The van der Waals surface area contributed by atoms with Crippen LogP contribution in [0.3, 0.4) is 0 Å². The molecule has 0 aliphatic carbocycles. The van der Waals surface area contributed by atoms with Crippen LogP contribution in [0.4, 0.5) is 0 Å². The van der Waals surface area contributed by atoms with E-state index in [1.807, 2.05) is 30.3 Å². The molecule has 1 fully saturated rings. The van der Waals surface area contributed by atoms with Crippen molar-refractivity contribution in [1.82, 2.24) is 20.2 Å². The third-order valence-electron chi connectivity index (χ3n) is 3.42. The molecule has 0 bridgehead atoms. The van der Waals surface area contributed by atoms with Crippen LogP contribution in [0.15, 0.2) is 35.5 Å². The maximum Gasteiger partial charge on any atom is 0.214 e. The number of nitrogens with two attached hydrogens (primary N) is 1. The van der Waals surface area contributed by atoms with Crippen molar-refractivity contribution < 1.29 is 4.74 Å². The molecule has 7 heteroatoms. The number of benzene rings is 1. The number of aromatic nitrogens is 4. The Bertz CT molecular complexity index is 541. The summed E-state index contributed by atoms with van der Waals surface area (Å²) in [6, 6.07) is 9.97. The van der Waals surface area contributed by atoms with Crippen LogP contribution in [0.2, 0.25) is 0 Å². The highest BCUT2D eigenvalue weighted by Crippen LogP contribution is 2.23. The monoisotopic (exact) mass is 291 g/mol. The number of hydrogen-bond acceptors (Lipinski definition) is 6. The van der Waals surface area contributed by atoms with Crippen molar-refractivity contribution in [2.45, 2.75) is 17.6 Å². The van der Waals surface area contributed by atoms with Crippen molar-refractivity contribution in [3.8, 4) is 5.69 Å². The van der Waals surface area contributed by atoms with E-state index in [1.54, 1.807) is 16.4 Å². The fraction of sp³-hybridized carbons (Fsp3) is 0.462. The molecule has 20 heavy (non-hydrogen) atoms. The van der Waals surface area contributed by atoms with Gasteiger partial charge in [-0.1, -0.05) is 30.0 Å². The lowest BCUT2D eigenvalue weighted by molar-refractivity contribution is 0.182. The number of ether oxygens (including phenoxy) is 1. The molecule has 2 N–H and O–H groups in total. The van der Waals surface area contributed by atoms with Gasteiger partial charge >= 0.3 is 0 Å². The molecular weight excluding hydrogens is 274 g/mol. The van der Waals surface area contributed by atoms with Crippen molar-refractivity contribution >= 4 is 11.8 Å². The maximum absolute atomic E-state index is 6.21. The number of rotatable bonds is 5. The van der Waals surface area contributed by atoms with Gasteiger partial charge in [-0.2, -0.15) is 4.68 Å². The molecule has 2 heterocycles. The minimum absolute atomic E-state index is 0.114. The van der Waals surface area contributed by atoms with Crippen LogP contribution in [0.25, 0.3) is 5.69 Å². The van der Waals surface area contributed by atoms with Crippen molar-refractivity contribution in [3.63, 3.8) is 0 Å². The summed E-state index contributed by atoms with van der Waals surface area (Å²) in [7, 11) is 0. The van der Waals surface area contributed by atoms with Crippen molar-refractivity contribution in [2.75, 3.05) is 19.0 Å². The van der Waals surface area contributed by atoms with Crippen LogP contribution in [0.5, 0.6) is 0 Å². The van der Waals surface area contributed by atoms with Gasteiger partial charge in [-0.15, -0.1) is 5.10 Å². The third-order valence-corrected chi connectivity index (χ3v) is 4.48. The lowest BCUT2D eigenvalue weighted by Crippen LogP contribution is -2.32. The smallest absolute Gasteiger partial charge is 0.214 e. The molecule has 1 aromatic heterocycles. The summed E-state index contributed by atoms with van der Waals surface area (Å²) in [5.41, 5.74) is 7.16. The molecule has 3 rings (SSSR count). The van der Waals surface area contributed by atoms with Gasteiger partial charge in [0.05, 0.1) is 12.3 Å². The zero-order chi connectivity index (χ0) is 13.8. The molecule has 0 spiro atoms. The zero-order valence-corrected chi connectivity index (χ0v) is 11.9. The van der Waals surface area contributed by atoms with Gasteiger partial charge < -0.3 is 10.5 Å². The first-order valence-electron chi connectivity index (χ1n) is 6.64. The van der Waals surface area contributed by atoms with E-state index in [0.29, 0.717) is 5.92 Å². The minimum Gasteiger partial charge on any atom is -0.381 e. The van der Waals surface area contributed by atoms with Gasteiger partial charge in [-0.05, 0) is 29.0 Å². The number of hydrogen-bond donors (Lipinski definition) is 1.